The molecular weight excluding hydrogens is 194 g/mol. The first-order valence-corrected chi connectivity index (χ1v) is 5.66. The van der Waals surface area contributed by atoms with Crippen molar-refractivity contribution in [2.45, 2.75) is 51.5 Å². The maximum atomic E-state index is 11.7. The number of aliphatic carboxylic acids is 1. The third-order valence-corrected chi connectivity index (χ3v) is 2.62. The van der Waals surface area contributed by atoms with Crippen molar-refractivity contribution >= 4 is 11.9 Å². The number of unbranched alkanes of at least 4 members (excludes halogenated alkanes) is 1. The predicted molar refractivity (Wildman–Crippen MR) is 56.5 cm³/mol. The van der Waals surface area contributed by atoms with Crippen LogP contribution >= 0.6 is 0 Å². The van der Waals surface area contributed by atoms with Crippen LogP contribution in [0.5, 0.6) is 0 Å². The van der Waals surface area contributed by atoms with Gasteiger partial charge in [-0.3, -0.25) is 9.59 Å². The van der Waals surface area contributed by atoms with E-state index in [1.165, 1.54) is 0 Å². The average Bonchev–Trinajstić information content (AvgIpc) is 2.98. The van der Waals surface area contributed by atoms with Gasteiger partial charge in [-0.1, -0.05) is 13.3 Å². The van der Waals surface area contributed by atoms with E-state index in [0.717, 1.165) is 25.7 Å². The van der Waals surface area contributed by atoms with Crippen molar-refractivity contribution in [2.75, 3.05) is 6.54 Å². The molecule has 0 aromatic rings. The van der Waals surface area contributed by atoms with Gasteiger partial charge in [0.2, 0.25) is 5.91 Å². The Balaban J connectivity index is 2.35. The second-order valence-electron chi connectivity index (χ2n) is 4.07. The molecule has 1 saturated carbocycles. The van der Waals surface area contributed by atoms with Gasteiger partial charge in [-0.2, -0.15) is 0 Å². The molecule has 0 saturated heterocycles. The minimum atomic E-state index is -0.830. The van der Waals surface area contributed by atoms with Crippen molar-refractivity contribution in [2.24, 2.45) is 0 Å². The van der Waals surface area contributed by atoms with E-state index < -0.39 is 5.97 Å². The van der Waals surface area contributed by atoms with Crippen LogP contribution in [0.25, 0.3) is 0 Å². The van der Waals surface area contributed by atoms with Crippen molar-refractivity contribution in [1.29, 1.82) is 0 Å². The number of rotatable bonds is 7. The smallest absolute Gasteiger partial charge is 0.305 e. The normalized spacial score (nSPS) is 15.0. The highest BCUT2D eigenvalue weighted by Gasteiger charge is 2.31. The number of hydrogen-bond donors (Lipinski definition) is 1. The van der Waals surface area contributed by atoms with Gasteiger partial charge in [-0.05, 0) is 19.3 Å². The lowest BCUT2D eigenvalue weighted by molar-refractivity contribution is -0.138. The van der Waals surface area contributed by atoms with Gasteiger partial charge in [0.15, 0.2) is 0 Å². The molecule has 86 valence electrons. The Morgan fingerprint density at radius 1 is 1.33 bits per heavy atom. The fraction of sp³-hybridized carbons (Fsp3) is 0.818. The van der Waals surface area contributed by atoms with Crippen LogP contribution in [-0.2, 0) is 9.59 Å². The standard InChI is InChI=1S/C11H19NO3/c1-2-3-4-10(13)12(9-5-6-9)8-7-11(14)15/h9H,2-8H2,1H3,(H,14,15). The molecule has 1 aliphatic carbocycles. The monoisotopic (exact) mass is 213 g/mol. The van der Waals surface area contributed by atoms with E-state index in [4.69, 9.17) is 5.11 Å². The SMILES string of the molecule is CCCCC(=O)N(CCC(=O)O)C1CC1. The molecule has 1 aliphatic rings. The minimum Gasteiger partial charge on any atom is -0.481 e. The zero-order chi connectivity index (χ0) is 11.3. The van der Waals surface area contributed by atoms with Crippen molar-refractivity contribution in [3.05, 3.63) is 0 Å². The fourth-order valence-electron chi connectivity index (χ4n) is 1.58. The fourth-order valence-corrected chi connectivity index (χ4v) is 1.58. The largest absolute Gasteiger partial charge is 0.481 e. The second kappa shape index (κ2) is 5.73. The summed E-state index contributed by atoms with van der Waals surface area (Å²) in [6.07, 6.45) is 4.61. The molecule has 0 unspecified atom stereocenters. The third kappa shape index (κ3) is 4.32. The van der Waals surface area contributed by atoms with E-state index in [2.05, 4.69) is 0 Å². The molecule has 0 spiro atoms. The predicted octanol–water partition coefficient (Wildman–Crippen LogP) is 1.64. The van der Waals surface area contributed by atoms with Gasteiger partial charge in [0.1, 0.15) is 0 Å². The second-order valence-corrected chi connectivity index (χ2v) is 4.07. The van der Waals surface area contributed by atoms with E-state index in [1.54, 1.807) is 4.90 Å². The van der Waals surface area contributed by atoms with E-state index >= 15 is 0 Å². The van der Waals surface area contributed by atoms with Gasteiger partial charge in [-0.25, -0.2) is 0 Å². The van der Waals surface area contributed by atoms with Gasteiger partial charge in [0, 0.05) is 19.0 Å². The molecule has 1 rings (SSSR count). The van der Waals surface area contributed by atoms with Crippen LogP contribution in [-0.4, -0.2) is 34.5 Å². The Kier molecular flexibility index (Phi) is 4.59. The Bertz CT molecular complexity index is 236. The maximum Gasteiger partial charge on any atom is 0.305 e. The van der Waals surface area contributed by atoms with Crippen LogP contribution in [0.15, 0.2) is 0 Å². The van der Waals surface area contributed by atoms with E-state index in [0.29, 0.717) is 19.0 Å². The molecule has 0 atom stereocenters. The summed E-state index contributed by atoms with van der Waals surface area (Å²) in [4.78, 5) is 23.9. The molecule has 0 aromatic heterocycles. The van der Waals surface area contributed by atoms with Gasteiger partial charge in [-0.15, -0.1) is 0 Å². The number of carboxylic acids is 1. The molecule has 4 heteroatoms. The average molecular weight is 213 g/mol. The molecule has 1 N–H and O–H groups in total. The Morgan fingerprint density at radius 2 is 2.00 bits per heavy atom. The lowest BCUT2D eigenvalue weighted by Crippen LogP contribution is -2.34. The summed E-state index contributed by atoms with van der Waals surface area (Å²) < 4.78 is 0. The molecule has 0 aromatic carbocycles. The first kappa shape index (κ1) is 12.0. The Labute approximate surface area is 90.3 Å². The number of hydrogen-bond acceptors (Lipinski definition) is 2. The van der Waals surface area contributed by atoms with Crippen LogP contribution in [0, 0.1) is 0 Å². The molecule has 15 heavy (non-hydrogen) atoms. The highest BCUT2D eigenvalue weighted by molar-refractivity contribution is 5.77. The molecule has 1 fully saturated rings. The number of nitrogens with zero attached hydrogens (tertiary/aromatic N) is 1. The summed E-state index contributed by atoms with van der Waals surface area (Å²) in [5.41, 5.74) is 0. The molecule has 0 heterocycles. The number of carbonyl (C=O) groups excluding carboxylic acids is 1. The Hall–Kier alpha value is -1.06. The lowest BCUT2D eigenvalue weighted by Gasteiger charge is -2.21. The Morgan fingerprint density at radius 3 is 2.47 bits per heavy atom. The molecule has 0 aliphatic heterocycles. The van der Waals surface area contributed by atoms with Gasteiger partial charge < -0.3 is 10.0 Å². The highest BCUT2D eigenvalue weighted by atomic mass is 16.4. The summed E-state index contributed by atoms with van der Waals surface area (Å²) in [6, 6.07) is 0.328. The van der Waals surface area contributed by atoms with Crippen LogP contribution < -0.4 is 0 Å². The van der Waals surface area contributed by atoms with Crippen LogP contribution in [0.3, 0.4) is 0 Å². The first-order chi connectivity index (χ1) is 7.15. The van der Waals surface area contributed by atoms with Crippen molar-refractivity contribution in [3.8, 4) is 0 Å². The quantitative estimate of drug-likeness (QED) is 0.699. The summed E-state index contributed by atoms with van der Waals surface area (Å²) in [6.45, 7) is 2.43. The van der Waals surface area contributed by atoms with E-state index in [1.807, 2.05) is 6.92 Å². The number of carbonyl (C=O) groups is 2. The van der Waals surface area contributed by atoms with Crippen LogP contribution in [0.4, 0.5) is 0 Å². The summed E-state index contributed by atoms with van der Waals surface area (Å²) in [5.74, 6) is -0.704. The maximum absolute atomic E-state index is 11.7. The first-order valence-electron chi connectivity index (χ1n) is 5.66. The highest BCUT2D eigenvalue weighted by Crippen LogP contribution is 2.27. The van der Waals surface area contributed by atoms with Crippen molar-refractivity contribution in [1.82, 2.24) is 4.90 Å². The van der Waals surface area contributed by atoms with Crippen molar-refractivity contribution in [3.63, 3.8) is 0 Å². The molecular formula is C11H19NO3. The summed E-state index contributed by atoms with van der Waals surface area (Å²) >= 11 is 0. The summed E-state index contributed by atoms with van der Waals surface area (Å²) in [5, 5.41) is 8.58. The molecule has 1 amide bonds. The van der Waals surface area contributed by atoms with E-state index in [-0.39, 0.29) is 12.3 Å². The van der Waals surface area contributed by atoms with Gasteiger partial charge in [0.25, 0.3) is 0 Å². The number of carboxylic acid groups (broad SMARTS) is 1. The molecule has 0 radical (unpaired) electrons. The van der Waals surface area contributed by atoms with Crippen LogP contribution in [0.1, 0.15) is 45.4 Å². The van der Waals surface area contributed by atoms with Crippen LogP contribution in [0.2, 0.25) is 0 Å². The lowest BCUT2D eigenvalue weighted by atomic mass is 10.2. The molecule has 0 bridgehead atoms. The zero-order valence-corrected chi connectivity index (χ0v) is 9.24. The molecule has 4 nitrogen and oxygen atoms in total. The topological polar surface area (TPSA) is 57.6 Å². The van der Waals surface area contributed by atoms with E-state index in [9.17, 15) is 9.59 Å². The number of amides is 1. The van der Waals surface area contributed by atoms with Crippen molar-refractivity contribution < 1.29 is 14.7 Å². The minimum absolute atomic E-state index is 0.0639. The van der Waals surface area contributed by atoms with Gasteiger partial charge in [0.05, 0.1) is 6.42 Å². The third-order valence-electron chi connectivity index (χ3n) is 2.62. The van der Waals surface area contributed by atoms with Gasteiger partial charge >= 0.3 is 5.97 Å². The summed E-state index contributed by atoms with van der Waals surface area (Å²) in [7, 11) is 0. The zero-order valence-electron chi connectivity index (χ0n) is 9.24.